The van der Waals surface area contributed by atoms with Crippen molar-refractivity contribution >= 4 is 18.0 Å². The fourth-order valence-electron chi connectivity index (χ4n) is 2.76. The molecule has 7 heteroatoms. The second-order valence-corrected chi connectivity index (χ2v) is 6.70. The molecule has 2 rings (SSSR count). The monoisotopic (exact) mass is 318 g/mol. The van der Waals surface area contributed by atoms with Gasteiger partial charge in [0.2, 0.25) is 0 Å². The van der Waals surface area contributed by atoms with Crippen LogP contribution >= 0.6 is 0 Å². The van der Waals surface area contributed by atoms with E-state index < -0.39 is 5.54 Å². The number of aliphatic imine (C=N–C) groups is 1. The second kappa shape index (κ2) is 6.95. The van der Waals surface area contributed by atoms with E-state index in [4.69, 9.17) is 11.1 Å². The van der Waals surface area contributed by atoms with E-state index in [9.17, 15) is 4.79 Å². The van der Waals surface area contributed by atoms with Gasteiger partial charge in [0.25, 0.3) is 5.91 Å². The molecule has 0 atom stereocenters. The maximum atomic E-state index is 12.6. The van der Waals surface area contributed by atoms with Crippen LogP contribution < -0.4 is 11.1 Å². The lowest BCUT2D eigenvalue weighted by atomic mass is 10.1. The Hall–Kier alpha value is -2.15. The zero-order valence-electron chi connectivity index (χ0n) is 14.1. The highest BCUT2D eigenvalue weighted by molar-refractivity contribution is 6.12. The van der Waals surface area contributed by atoms with Gasteiger partial charge in [-0.3, -0.25) is 4.79 Å². The van der Waals surface area contributed by atoms with Crippen LogP contribution in [-0.2, 0) is 4.79 Å². The Balaban J connectivity index is 2.23. The molecule has 23 heavy (non-hydrogen) atoms. The maximum Gasteiger partial charge on any atom is 0.258 e. The van der Waals surface area contributed by atoms with Crippen LogP contribution in [0.25, 0.3) is 0 Å². The van der Waals surface area contributed by atoms with Crippen molar-refractivity contribution in [3.05, 3.63) is 23.7 Å². The van der Waals surface area contributed by atoms with Gasteiger partial charge in [-0.2, -0.15) is 0 Å². The van der Waals surface area contributed by atoms with Crippen molar-refractivity contribution < 1.29 is 4.79 Å². The quantitative estimate of drug-likeness (QED) is 0.524. The molecule has 2 aliphatic rings. The van der Waals surface area contributed by atoms with Crippen LogP contribution in [0.1, 0.15) is 26.7 Å². The molecule has 2 heterocycles. The summed E-state index contributed by atoms with van der Waals surface area (Å²) >= 11 is 0. The van der Waals surface area contributed by atoms with Crippen LogP contribution in [0.5, 0.6) is 0 Å². The Labute approximate surface area is 137 Å². The molecule has 0 aliphatic carbocycles. The Kier molecular flexibility index (Phi) is 5.20. The largest absolute Gasteiger partial charge is 0.357 e. The molecule has 0 radical (unpaired) electrons. The van der Waals surface area contributed by atoms with Crippen molar-refractivity contribution in [2.75, 3.05) is 26.7 Å². The van der Waals surface area contributed by atoms with Crippen molar-refractivity contribution in [3.63, 3.8) is 0 Å². The first-order valence-corrected chi connectivity index (χ1v) is 7.87. The summed E-state index contributed by atoms with van der Waals surface area (Å²) in [4.78, 5) is 20.8. The van der Waals surface area contributed by atoms with Crippen LogP contribution in [0.4, 0.5) is 0 Å². The predicted octanol–water partition coefficient (Wildman–Crippen LogP) is 0.654. The molecule has 126 valence electrons. The minimum atomic E-state index is -0.494. The average Bonchev–Trinajstić information content (AvgIpc) is 3.00. The lowest BCUT2D eigenvalue weighted by molar-refractivity contribution is -0.126. The van der Waals surface area contributed by atoms with Crippen molar-refractivity contribution in [2.45, 2.75) is 32.2 Å². The average molecular weight is 318 g/mol. The first kappa shape index (κ1) is 17.2. The molecule has 1 saturated heterocycles. The Morgan fingerprint density at radius 3 is 2.74 bits per heavy atom. The number of rotatable bonds is 4. The number of carbonyl (C=O) groups excluding carboxylic acids is 1. The maximum absolute atomic E-state index is 12.6. The molecule has 1 fully saturated rings. The summed E-state index contributed by atoms with van der Waals surface area (Å²) in [5, 5.41) is 10.6. The summed E-state index contributed by atoms with van der Waals surface area (Å²) in [6.07, 6.45) is 7.02. The molecule has 0 aromatic rings. The van der Waals surface area contributed by atoms with Gasteiger partial charge in [-0.25, -0.2) is 4.99 Å². The number of likely N-dealkylation sites (tertiary alicyclic amines) is 1. The molecule has 7 nitrogen and oxygen atoms in total. The Morgan fingerprint density at radius 1 is 1.52 bits per heavy atom. The van der Waals surface area contributed by atoms with Crippen LogP contribution in [0.3, 0.4) is 0 Å². The van der Waals surface area contributed by atoms with Gasteiger partial charge >= 0.3 is 0 Å². The zero-order valence-corrected chi connectivity index (χ0v) is 14.1. The molecule has 0 unspecified atom stereocenters. The van der Waals surface area contributed by atoms with Crippen molar-refractivity contribution in [1.82, 2.24) is 15.1 Å². The number of likely N-dealkylation sites (N-methyl/N-ethyl adjacent to an activating group) is 1. The molecule has 0 aromatic heterocycles. The molecule has 0 aromatic carbocycles. The Bertz CT molecular complexity index is 564. The molecule has 0 bridgehead atoms. The number of amides is 1. The number of nitrogens with one attached hydrogen (secondary N) is 2. The normalized spacial score (nSPS) is 20.0. The molecular weight excluding hydrogens is 292 g/mol. The topological polar surface area (TPSA) is 97.8 Å². The van der Waals surface area contributed by atoms with Crippen LogP contribution in [0.15, 0.2) is 28.7 Å². The number of nitrogens with two attached hydrogens (primary N) is 1. The minimum absolute atomic E-state index is 0.234. The standard InChI is InChI=1S/C16H26N6O/c1-16(2,18)11-21(3)15(23)12(10-17)14-19-7-6-13(20-14)22-8-4-5-9-22/h6-7,10,17,19H,4-5,8-9,11,18H2,1-3H3/b14-12-,17-10?. The highest BCUT2D eigenvalue weighted by Crippen LogP contribution is 2.15. The highest BCUT2D eigenvalue weighted by Gasteiger charge is 2.24. The van der Waals surface area contributed by atoms with Gasteiger partial charge in [-0.05, 0) is 32.8 Å². The van der Waals surface area contributed by atoms with Gasteiger partial charge in [0.05, 0.1) is 5.57 Å². The van der Waals surface area contributed by atoms with E-state index in [1.54, 1.807) is 13.2 Å². The van der Waals surface area contributed by atoms with E-state index in [2.05, 4.69) is 15.2 Å². The summed E-state index contributed by atoms with van der Waals surface area (Å²) in [7, 11) is 1.69. The summed E-state index contributed by atoms with van der Waals surface area (Å²) in [5.74, 6) is 0.988. The number of amidine groups is 1. The molecule has 4 N–H and O–H groups in total. The third-order valence-electron chi connectivity index (χ3n) is 3.73. The summed E-state index contributed by atoms with van der Waals surface area (Å²) in [6, 6.07) is 0. The molecule has 1 amide bonds. The van der Waals surface area contributed by atoms with Gasteiger partial charge in [0, 0.05) is 44.6 Å². The number of hydrogen-bond acceptors (Lipinski definition) is 6. The van der Waals surface area contributed by atoms with Crippen LogP contribution in [0.2, 0.25) is 0 Å². The van der Waals surface area contributed by atoms with Gasteiger partial charge in [0.1, 0.15) is 11.7 Å². The smallest absolute Gasteiger partial charge is 0.258 e. The molecule has 0 spiro atoms. The molecule has 0 saturated carbocycles. The van der Waals surface area contributed by atoms with E-state index in [-0.39, 0.29) is 11.5 Å². The third-order valence-corrected chi connectivity index (χ3v) is 3.73. The summed E-state index contributed by atoms with van der Waals surface area (Å²) in [6.45, 7) is 6.07. The fraction of sp³-hybridized carbons (Fsp3) is 0.562. The number of carbonyl (C=O) groups is 1. The fourth-order valence-corrected chi connectivity index (χ4v) is 2.76. The van der Waals surface area contributed by atoms with Crippen molar-refractivity contribution in [3.8, 4) is 0 Å². The minimum Gasteiger partial charge on any atom is -0.357 e. The van der Waals surface area contributed by atoms with E-state index in [0.717, 1.165) is 38.0 Å². The zero-order chi connectivity index (χ0) is 17.0. The number of hydrogen-bond donors (Lipinski definition) is 3. The van der Waals surface area contributed by atoms with Gasteiger partial charge in [-0.15, -0.1) is 0 Å². The Morgan fingerprint density at radius 2 is 2.17 bits per heavy atom. The van der Waals surface area contributed by atoms with E-state index >= 15 is 0 Å². The van der Waals surface area contributed by atoms with Gasteiger partial charge in [0.15, 0.2) is 0 Å². The summed E-state index contributed by atoms with van der Waals surface area (Å²) in [5.41, 5.74) is 5.71. The SMILES string of the molecule is CN(CC(C)(C)N)C(=O)/C(C=N)=C1\N=C(N2CCCC2)C=CN1. The van der Waals surface area contributed by atoms with E-state index in [1.165, 1.54) is 4.90 Å². The lowest BCUT2D eigenvalue weighted by Gasteiger charge is -2.27. The van der Waals surface area contributed by atoms with E-state index in [0.29, 0.717) is 12.4 Å². The number of nitrogens with zero attached hydrogens (tertiary/aromatic N) is 3. The van der Waals surface area contributed by atoms with E-state index in [1.807, 2.05) is 19.9 Å². The molecular formula is C16H26N6O. The first-order chi connectivity index (χ1) is 10.8. The van der Waals surface area contributed by atoms with Crippen molar-refractivity contribution in [1.29, 1.82) is 5.41 Å². The van der Waals surface area contributed by atoms with Gasteiger partial charge < -0.3 is 26.3 Å². The molecule has 2 aliphatic heterocycles. The predicted molar refractivity (Wildman–Crippen MR) is 92.2 cm³/mol. The third kappa shape index (κ3) is 4.41. The summed E-state index contributed by atoms with van der Waals surface area (Å²) < 4.78 is 0. The van der Waals surface area contributed by atoms with Crippen LogP contribution in [-0.4, -0.2) is 60.0 Å². The van der Waals surface area contributed by atoms with Crippen molar-refractivity contribution in [2.24, 2.45) is 10.7 Å². The van der Waals surface area contributed by atoms with Crippen LogP contribution in [0, 0.1) is 5.41 Å². The highest BCUT2D eigenvalue weighted by atomic mass is 16.2. The first-order valence-electron chi connectivity index (χ1n) is 7.87. The van der Waals surface area contributed by atoms with Gasteiger partial charge in [-0.1, -0.05) is 0 Å². The lowest BCUT2D eigenvalue weighted by Crippen LogP contribution is -2.46. The second-order valence-electron chi connectivity index (χ2n) is 6.70.